The highest BCUT2D eigenvalue weighted by Gasteiger charge is 2.19. The molecule has 6 rings (SSSR count). The summed E-state index contributed by atoms with van der Waals surface area (Å²) >= 11 is 0. The van der Waals surface area contributed by atoms with Gasteiger partial charge in [0.15, 0.2) is 5.65 Å². The van der Waals surface area contributed by atoms with Crippen LogP contribution in [0.3, 0.4) is 0 Å². The first-order valence-corrected chi connectivity index (χ1v) is 12.4. The number of nitrogens with one attached hydrogen (secondary N) is 1. The highest BCUT2D eigenvalue weighted by molar-refractivity contribution is 6.12. The van der Waals surface area contributed by atoms with E-state index in [9.17, 15) is 4.79 Å². The number of amides is 1. The third-order valence-electron chi connectivity index (χ3n) is 6.53. The zero-order valence-corrected chi connectivity index (χ0v) is 20.3. The molecule has 1 amide bonds. The Labute approximate surface area is 214 Å². The lowest BCUT2D eigenvalue weighted by atomic mass is 10.1. The van der Waals surface area contributed by atoms with Crippen molar-refractivity contribution in [3.63, 3.8) is 0 Å². The highest BCUT2D eigenvalue weighted by Crippen LogP contribution is 2.26. The Morgan fingerprint density at radius 1 is 0.946 bits per heavy atom. The fourth-order valence-corrected chi connectivity index (χ4v) is 4.57. The van der Waals surface area contributed by atoms with Crippen molar-refractivity contribution in [3.05, 3.63) is 102 Å². The summed E-state index contributed by atoms with van der Waals surface area (Å²) in [6.07, 6.45) is 3.33. The fraction of sp³-hybridized carbons (Fsp3) is 0.207. The Kier molecular flexibility index (Phi) is 6.49. The van der Waals surface area contributed by atoms with Crippen LogP contribution in [0, 0.1) is 0 Å². The number of carbonyl (C=O) groups is 1. The molecule has 8 heteroatoms. The topological polar surface area (TPSA) is 85.4 Å². The van der Waals surface area contributed by atoms with Crippen LogP contribution >= 0.6 is 0 Å². The van der Waals surface area contributed by atoms with Crippen molar-refractivity contribution in [2.24, 2.45) is 0 Å². The van der Waals surface area contributed by atoms with E-state index in [4.69, 9.17) is 14.1 Å². The van der Waals surface area contributed by atoms with E-state index in [0.29, 0.717) is 28.8 Å². The van der Waals surface area contributed by atoms with Gasteiger partial charge in [0.2, 0.25) is 0 Å². The number of hydrogen-bond acceptors (Lipinski definition) is 6. The van der Waals surface area contributed by atoms with Crippen molar-refractivity contribution in [1.82, 2.24) is 19.7 Å². The summed E-state index contributed by atoms with van der Waals surface area (Å²) < 4.78 is 12.7. The molecule has 0 atom stereocenters. The molecule has 0 aliphatic carbocycles. The summed E-state index contributed by atoms with van der Waals surface area (Å²) in [4.78, 5) is 20.8. The van der Waals surface area contributed by atoms with Gasteiger partial charge in [-0.25, -0.2) is 9.67 Å². The number of nitrogens with zero attached hydrogens (tertiary/aromatic N) is 4. The molecule has 37 heavy (non-hydrogen) atoms. The summed E-state index contributed by atoms with van der Waals surface area (Å²) in [6, 6.07) is 23.4. The standard InChI is InChI=1S/C29H27N5O3/c35-29(31-23-10-8-21(9-11-23)19-33-12-15-36-16-13-33)25-17-27(22-5-2-1-3-6-22)32-28-26(25)18-30-34(28)20-24-7-4-14-37-24/h1-11,14,17-18H,12-13,15-16,19-20H2,(H,31,35). The van der Waals surface area contributed by atoms with Crippen LogP contribution in [0.15, 0.2) is 89.7 Å². The molecule has 2 aromatic carbocycles. The van der Waals surface area contributed by atoms with Gasteiger partial charge in [-0.3, -0.25) is 9.69 Å². The molecule has 0 saturated carbocycles. The molecule has 0 radical (unpaired) electrons. The maximum absolute atomic E-state index is 13.5. The zero-order valence-electron chi connectivity index (χ0n) is 20.3. The van der Waals surface area contributed by atoms with Gasteiger partial charge in [0.25, 0.3) is 5.91 Å². The van der Waals surface area contributed by atoms with Crippen LogP contribution in [0.4, 0.5) is 5.69 Å². The SMILES string of the molecule is O=C(Nc1ccc(CN2CCOCC2)cc1)c1cc(-c2ccccc2)nc2c1cnn2Cc1ccco1. The van der Waals surface area contributed by atoms with Gasteiger partial charge in [-0.1, -0.05) is 42.5 Å². The number of morpholine rings is 1. The Morgan fingerprint density at radius 3 is 2.51 bits per heavy atom. The molecule has 0 spiro atoms. The number of ether oxygens (including phenoxy) is 1. The molecular weight excluding hydrogens is 466 g/mol. The number of fused-ring (bicyclic) bond motifs is 1. The molecule has 8 nitrogen and oxygen atoms in total. The molecule has 0 unspecified atom stereocenters. The minimum atomic E-state index is -0.206. The lowest BCUT2D eigenvalue weighted by Gasteiger charge is -2.26. The first-order chi connectivity index (χ1) is 18.2. The first-order valence-electron chi connectivity index (χ1n) is 12.4. The molecule has 186 valence electrons. The van der Waals surface area contributed by atoms with E-state index in [1.807, 2.05) is 60.7 Å². The number of rotatable bonds is 7. The van der Waals surface area contributed by atoms with Gasteiger partial charge in [-0.15, -0.1) is 0 Å². The monoisotopic (exact) mass is 493 g/mol. The minimum Gasteiger partial charge on any atom is -0.467 e. The summed E-state index contributed by atoms with van der Waals surface area (Å²) in [5.41, 5.74) is 4.73. The number of carbonyl (C=O) groups excluding carboxylic acids is 1. The van der Waals surface area contributed by atoms with Gasteiger partial charge in [0, 0.05) is 30.9 Å². The first kappa shape index (κ1) is 23.1. The lowest BCUT2D eigenvalue weighted by molar-refractivity contribution is 0.0342. The fourth-order valence-electron chi connectivity index (χ4n) is 4.57. The Bertz CT molecular complexity index is 1490. The molecular formula is C29H27N5O3. The van der Waals surface area contributed by atoms with E-state index in [0.717, 1.165) is 49.9 Å². The van der Waals surface area contributed by atoms with Crippen LogP contribution in [0.5, 0.6) is 0 Å². The van der Waals surface area contributed by atoms with Crippen molar-refractivity contribution in [3.8, 4) is 11.3 Å². The third kappa shape index (κ3) is 5.16. The Morgan fingerprint density at radius 2 is 1.76 bits per heavy atom. The second-order valence-corrected chi connectivity index (χ2v) is 9.08. The number of furan rings is 1. The number of benzene rings is 2. The smallest absolute Gasteiger partial charge is 0.256 e. The summed E-state index contributed by atoms with van der Waals surface area (Å²) in [5, 5.41) is 8.27. The third-order valence-corrected chi connectivity index (χ3v) is 6.53. The maximum Gasteiger partial charge on any atom is 0.256 e. The van der Waals surface area contributed by atoms with Crippen molar-refractivity contribution in [2.45, 2.75) is 13.1 Å². The molecule has 4 heterocycles. The van der Waals surface area contributed by atoms with Crippen LogP contribution < -0.4 is 5.32 Å². The van der Waals surface area contributed by atoms with E-state index in [-0.39, 0.29) is 5.91 Å². The number of hydrogen-bond donors (Lipinski definition) is 1. The van der Waals surface area contributed by atoms with Crippen molar-refractivity contribution >= 4 is 22.6 Å². The summed E-state index contributed by atoms with van der Waals surface area (Å²) in [6.45, 7) is 4.72. The minimum absolute atomic E-state index is 0.206. The molecule has 0 bridgehead atoms. The number of aromatic nitrogens is 3. The predicted molar refractivity (Wildman–Crippen MR) is 141 cm³/mol. The quantitative estimate of drug-likeness (QED) is 0.350. The highest BCUT2D eigenvalue weighted by atomic mass is 16.5. The van der Waals surface area contributed by atoms with Crippen LogP contribution in [0.1, 0.15) is 21.7 Å². The van der Waals surface area contributed by atoms with E-state index in [2.05, 4.69) is 27.4 Å². The van der Waals surface area contributed by atoms with Crippen molar-refractivity contribution < 1.29 is 13.9 Å². The van der Waals surface area contributed by atoms with Crippen LogP contribution in [0.2, 0.25) is 0 Å². The average molecular weight is 494 g/mol. The predicted octanol–water partition coefficient (Wildman–Crippen LogP) is 4.82. The van der Waals surface area contributed by atoms with Crippen LogP contribution in [-0.2, 0) is 17.8 Å². The molecule has 1 aliphatic heterocycles. The van der Waals surface area contributed by atoms with Crippen LogP contribution in [-0.4, -0.2) is 51.9 Å². The average Bonchev–Trinajstić information content (AvgIpc) is 3.61. The van der Waals surface area contributed by atoms with E-state index in [1.54, 1.807) is 17.1 Å². The number of pyridine rings is 1. The van der Waals surface area contributed by atoms with Crippen molar-refractivity contribution in [1.29, 1.82) is 0 Å². The second-order valence-electron chi connectivity index (χ2n) is 9.08. The molecule has 1 N–H and O–H groups in total. The van der Waals surface area contributed by atoms with E-state index < -0.39 is 0 Å². The van der Waals surface area contributed by atoms with Gasteiger partial charge >= 0.3 is 0 Å². The maximum atomic E-state index is 13.5. The van der Waals surface area contributed by atoms with Gasteiger partial charge in [-0.05, 0) is 35.9 Å². The molecule has 1 saturated heterocycles. The Balaban J connectivity index is 1.29. The van der Waals surface area contributed by atoms with Gasteiger partial charge in [-0.2, -0.15) is 5.10 Å². The van der Waals surface area contributed by atoms with Gasteiger partial charge in [0.1, 0.15) is 12.3 Å². The largest absolute Gasteiger partial charge is 0.467 e. The Hall–Kier alpha value is -4.27. The second kappa shape index (κ2) is 10.4. The van der Waals surface area contributed by atoms with Crippen molar-refractivity contribution in [2.75, 3.05) is 31.6 Å². The van der Waals surface area contributed by atoms with E-state index >= 15 is 0 Å². The summed E-state index contributed by atoms with van der Waals surface area (Å²) in [5.74, 6) is 0.558. The lowest BCUT2D eigenvalue weighted by Crippen LogP contribution is -2.35. The van der Waals surface area contributed by atoms with Gasteiger partial charge in [0.05, 0.1) is 42.3 Å². The molecule has 1 fully saturated rings. The van der Waals surface area contributed by atoms with Gasteiger partial charge < -0.3 is 14.5 Å². The van der Waals surface area contributed by atoms with E-state index in [1.165, 1.54) is 5.56 Å². The normalized spacial score (nSPS) is 14.2. The van der Waals surface area contributed by atoms with Crippen LogP contribution in [0.25, 0.3) is 22.3 Å². The zero-order chi connectivity index (χ0) is 25.0. The molecule has 1 aliphatic rings. The summed E-state index contributed by atoms with van der Waals surface area (Å²) in [7, 11) is 0. The molecule has 5 aromatic rings. The number of anilines is 1. The molecule has 3 aromatic heterocycles.